The van der Waals surface area contributed by atoms with Gasteiger partial charge in [-0.05, 0) is 49.3 Å². The van der Waals surface area contributed by atoms with E-state index in [1.54, 1.807) is 6.20 Å². The molecule has 4 fully saturated rings. The van der Waals surface area contributed by atoms with E-state index in [0.717, 1.165) is 56.9 Å². The van der Waals surface area contributed by atoms with Gasteiger partial charge in [0.05, 0.1) is 5.56 Å². The van der Waals surface area contributed by atoms with Crippen molar-refractivity contribution in [3.63, 3.8) is 0 Å². The molecular formula is C24H30N4O. The Morgan fingerprint density at radius 2 is 1.79 bits per heavy atom. The topological polar surface area (TPSA) is 39.7 Å². The first-order valence-electron chi connectivity index (χ1n) is 11.0. The second-order valence-corrected chi connectivity index (χ2v) is 8.82. The summed E-state index contributed by atoms with van der Waals surface area (Å²) in [5, 5.41) is 0. The van der Waals surface area contributed by atoms with E-state index in [2.05, 4.69) is 46.2 Å². The highest BCUT2D eigenvalue weighted by molar-refractivity contribution is 5.94. The molecule has 0 N–H and O–H groups in total. The molecule has 4 aliphatic rings. The number of benzene rings is 1. The van der Waals surface area contributed by atoms with Gasteiger partial charge >= 0.3 is 0 Å². The van der Waals surface area contributed by atoms with Crippen LogP contribution in [0.25, 0.3) is 0 Å². The third kappa shape index (κ3) is 4.01. The second-order valence-electron chi connectivity index (χ2n) is 8.82. The molecule has 1 amide bonds. The van der Waals surface area contributed by atoms with Crippen molar-refractivity contribution in [1.29, 1.82) is 0 Å². The number of aromatic nitrogens is 1. The van der Waals surface area contributed by atoms with E-state index in [1.165, 1.54) is 24.9 Å². The second kappa shape index (κ2) is 8.15. The largest absolute Gasteiger partial charge is 0.355 e. The maximum atomic E-state index is 12.6. The smallest absolute Gasteiger partial charge is 0.255 e. The average Bonchev–Trinajstić information content (AvgIpc) is 3.16. The number of anilines is 1. The average molecular weight is 391 g/mol. The summed E-state index contributed by atoms with van der Waals surface area (Å²) in [5.74, 6) is 1.83. The van der Waals surface area contributed by atoms with Crippen molar-refractivity contribution in [1.82, 2.24) is 14.8 Å². The van der Waals surface area contributed by atoms with E-state index in [-0.39, 0.29) is 5.91 Å². The van der Waals surface area contributed by atoms with Crippen molar-refractivity contribution in [2.24, 2.45) is 5.92 Å². The number of carbonyl (C=O) groups excluding carboxylic acids is 1. The van der Waals surface area contributed by atoms with Gasteiger partial charge in [-0.25, -0.2) is 4.98 Å². The normalized spacial score (nSPS) is 24.7. The van der Waals surface area contributed by atoms with Crippen molar-refractivity contribution in [2.45, 2.75) is 38.3 Å². The Kier molecular flexibility index (Phi) is 5.23. The number of pyridine rings is 1. The van der Waals surface area contributed by atoms with Crippen LogP contribution in [0.5, 0.6) is 0 Å². The zero-order valence-electron chi connectivity index (χ0n) is 17.0. The van der Waals surface area contributed by atoms with E-state index in [9.17, 15) is 4.79 Å². The summed E-state index contributed by atoms with van der Waals surface area (Å²) in [4.78, 5) is 24.3. The highest BCUT2D eigenvalue weighted by atomic mass is 16.2. The van der Waals surface area contributed by atoms with Crippen molar-refractivity contribution in [3.05, 3.63) is 59.8 Å². The summed E-state index contributed by atoms with van der Waals surface area (Å²) in [5.41, 5.74) is 2.12. The number of fused-ring (bicyclic) bond motifs is 4. The summed E-state index contributed by atoms with van der Waals surface area (Å²) in [6.45, 7) is 6.05. The summed E-state index contributed by atoms with van der Waals surface area (Å²) >= 11 is 0. The van der Waals surface area contributed by atoms with Gasteiger partial charge in [0, 0.05) is 51.5 Å². The van der Waals surface area contributed by atoms with Gasteiger partial charge in [0.2, 0.25) is 0 Å². The Morgan fingerprint density at radius 3 is 2.55 bits per heavy atom. The fraction of sp³-hybridized carbons (Fsp3) is 0.500. The Bertz CT molecular complexity index is 832. The van der Waals surface area contributed by atoms with Gasteiger partial charge in [-0.2, -0.15) is 0 Å². The monoisotopic (exact) mass is 390 g/mol. The summed E-state index contributed by atoms with van der Waals surface area (Å²) in [7, 11) is 0. The molecule has 2 bridgehead atoms. The van der Waals surface area contributed by atoms with E-state index >= 15 is 0 Å². The number of nitrogens with zero attached hydrogens (tertiary/aromatic N) is 4. The molecule has 0 radical (unpaired) electrons. The van der Waals surface area contributed by atoms with Gasteiger partial charge in [0.15, 0.2) is 0 Å². The summed E-state index contributed by atoms with van der Waals surface area (Å²) < 4.78 is 0. The van der Waals surface area contributed by atoms with Crippen molar-refractivity contribution in [2.75, 3.05) is 37.6 Å². The Balaban J connectivity index is 1.28. The summed E-state index contributed by atoms with van der Waals surface area (Å²) in [6, 6.07) is 15.4. The molecular weight excluding hydrogens is 360 g/mol. The van der Waals surface area contributed by atoms with E-state index in [4.69, 9.17) is 4.98 Å². The molecule has 1 aromatic carbocycles. The fourth-order valence-corrected chi connectivity index (χ4v) is 5.18. The standard InChI is InChI=1S/C24H30N4O/c29-24(26-12-4-5-13-26)21-9-11-23(25-14-21)28-17-20-8-10-22(18-28)27(16-20)15-19-6-2-1-3-7-19/h1-3,6-7,9,11,14,20,22H,4-5,8,10,12-13,15-18H2/t20-,22-/m0/s1. The molecule has 4 saturated heterocycles. The minimum absolute atomic E-state index is 0.131. The van der Waals surface area contributed by atoms with Crippen LogP contribution in [0.4, 0.5) is 5.82 Å². The third-order valence-electron chi connectivity index (χ3n) is 6.77. The van der Waals surface area contributed by atoms with Gasteiger partial charge in [-0.15, -0.1) is 0 Å². The van der Waals surface area contributed by atoms with Crippen LogP contribution in [-0.2, 0) is 6.54 Å². The van der Waals surface area contributed by atoms with Crippen LogP contribution >= 0.6 is 0 Å². The van der Waals surface area contributed by atoms with E-state index < -0.39 is 0 Å². The first-order chi connectivity index (χ1) is 14.3. The van der Waals surface area contributed by atoms with Crippen LogP contribution in [0, 0.1) is 5.92 Å². The fourth-order valence-electron chi connectivity index (χ4n) is 5.18. The van der Waals surface area contributed by atoms with Crippen molar-refractivity contribution in [3.8, 4) is 0 Å². The lowest BCUT2D eigenvalue weighted by Gasteiger charge is -2.36. The molecule has 0 unspecified atom stereocenters. The number of likely N-dealkylation sites (tertiary alicyclic amines) is 1. The molecule has 0 saturated carbocycles. The maximum Gasteiger partial charge on any atom is 0.255 e. The number of hydrogen-bond donors (Lipinski definition) is 0. The summed E-state index contributed by atoms with van der Waals surface area (Å²) in [6.07, 6.45) is 6.59. The predicted octanol–water partition coefficient (Wildman–Crippen LogP) is 3.42. The first-order valence-corrected chi connectivity index (χ1v) is 11.0. The Labute approximate surface area is 173 Å². The quantitative estimate of drug-likeness (QED) is 0.802. The van der Waals surface area contributed by atoms with Crippen LogP contribution in [0.2, 0.25) is 0 Å². The van der Waals surface area contributed by atoms with Crippen molar-refractivity contribution < 1.29 is 4.79 Å². The number of carbonyl (C=O) groups is 1. The molecule has 6 rings (SSSR count). The lowest BCUT2D eigenvalue weighted by molar-refractivity contribution is 0.0792. The Hall–Kier alpha value is -2.40. The van der Waals surface area contributed by atoms with Crippen LogP contribution in [-0.4, -0.2) is 59.5 Å². The predicted molar refractivity (Wildman–Crippen MR) is 115 cm³/mol. The third-order valence-corrected chi connectivity index (χ3v) is 6.77. The highest BCUT2D eigenvalue weighted by Crippen LogP contribution is 2.31. The number of hydrogen-bond acceptors (Lipinski definition) is 4. The van der Waals surface area contributed by atoms with Gasteiger partial charge in [-0.1, -0.05) is 30.3 Å². The van der Waals surface area contributed by atoms with Crippen LogP contribution in [0.15, 0.2) is 48.7 Å². The van der Waals surface area contributed by atoms with Crippen LogP contribution in [0.3, 0.4) is 0 Å². The lowest BCUT2D eigenvalue weighted by Crippen LogP contribution is -2.43. The molecule has 5 heterocycles. The highest BCUT2D eigenvalue weighted by Gasteiger charge is 2.35. The molecule has 152 valence electrons. The minimum atomic E-state index is 0.131. The molecule has 2 aromatic rings. The zero-order chi connectivity index (χ0) is 19.6. The number of amides is 1. The van der Waals surface area contributed by atoms with Crippen molar-refractivity contribution >= 4 is 11.7 Å². The SMILES string of the molecule is O=C(c1ccc(N2C[C@H]3CC[C@@H](C2)N(Cc2ccccc2)C3)nc1)N1CCCC1. The molecule has 1 aromatic heterocycles. The maximum absolute atomic E-state index is 12.6. The first kappa shape index (κ1) is 18.6. The van der Waals surface area contributed by atoms with Crippen LogP contribution < -0.4 is 4.90 Å². The molecule has 0 spiro atoms. The Morgan fingerprint density at radius 1 is 0.966 bits per heavy atom. The van der Waals surface area contributed by atoms with E-state index in [0.29, 0.717) is 12.0 Å². The molecule has 0 aliphatic carbocycles. The van der Waals surface area contributed by atoms with Crippen LogP contribution in [0.1, 0.15) is 41.6 Å². The van der Waals surface area contributed by atoms with Gasteiger partial charge < -0.3 is 9.80 Å². The molecule has 5 nitrogen and oxygen atoms in total. The van der Waals surface area contributed by atoms with Gasteiger partial charge in [-0.3, -0.25) is 9.69 Å². The van der Waals surface area contributed by atoms with E-state index in [1.807, 2.05) is 11.0 Å². The van der Waals surface area contributed by atoms with Gasteiger partial charge in [0.1, 0.15) is 5.82 Å². The van der Waals surface area contributed by atoms with Gasteiger partial charge in [0.25, 0.3) is 5.91 Å². The molecule has 2 atom stereocenters. The molecule has 29 heavy (non-hydrogen) atoms. The number of rotatable bonds is 4. The zero-order valence-corrected chi connectivity index (χ0v) is 17.0. The number of piperidine rings is 1. The molecule has 4 aliphatic heterocycles. The minimum Gasteiger partial charge on any atom is -0.355 e. The lowest BCUT2D eigenvalue weighted by atomic mass is 9.94. The molecule has 5 heteroatoms.